The molecule has 1 amide bonds. The lowest BCUT2D eigenvalue weighted by Crippen LogP contribution is -2.52. The van der Waals surface area contributed by atoms with Crippen molar-refractivity contribution in [3.8, 4) is 0 Å². The molecule has 2 saturated heterocycles. The van der Waals surface area contributed by atoms with Crippen molar-refractivity contribution < 1.29 is 18.9 Å². The molecule has 176 valence electrons. The van der Waals surface area contributed by atoms with Gasteiger partial charge in [-0.15, -0.1) is 11.8 Å². The van der Waals surface area contributed by atoms with Crippen LogP contribution in [0.15, 0.2) is 67.0 Å². The average molecular weight is 491 g/mol. The molecule has 0 bridgehead atoms. The summed E-state index contributed by atoms with van der Waals surface area (Å²) in [5, 5.41) is 14.1. The van der Waals surface area contributed by atoms with Gasteiger partial charge in [-0.1, -0.05) is 12.1 Å². The van der Waals surface area contributed by atoms with Gasteiger partial charge in [-0.25, -0.2) is 4.39 Å². The van der Waals surface area contributed by atoms with Crippen molar-refractivity contribution in [2.75, 3.05) is 16.9 Å². The number of non-ortho nitro benzene ring substituents is 1. The molecule has 1 N–H and O–H groups in total. The summed E-state index contributed by atoms with van der Waals surface area (Å²) in [6, 6.07) is 13.4. The molecule has 2 fully saturated rings. The normalized spacial score (nSPS) is 27.0. The molecule has 0 unspecified atom stereocenters. The molecule has 3 aliphatic rings. The van der Waals surface area contributed by atoms with E-state index < -0.39 is 28.1 Å². The van der Waals surface area contributed by atoms with Crippen molar-refractivity contribution in [2.45, 2.75) is 17.5 Å². The molecule has 1 aromatic heterocycles. The highest BCUT2D eigenvalue weighted by Gasteiger charge is 2.69. The maximum atomic E-state index is 14.5. The average Bonchev–Trinajstić information content (AvgIpc) is 3.53. The lowest BCUT2D eigenvalue weighted by atomic mass is 9.69. The molecule has 0 aliphatic carbocycles. The highest BCUT2D eigenvalue weighted by Crippen LogP contribution is 2.61. The van der Waals surface area contributed by atoms with Crippen LogP contribution in [-0.4, -0.2) is 44.2 Å². The molecule has 3 aliphatic heterocycles. The number of rotatable bonds is 4. The molecule has 3 aromatic rings. The van der Waals surface area contributed by atoms with E-state index in [4.69, 9.17) is 0 Å². The van der Waals surface area contributed by atoms with Crippen LogP contribution >= 0.6 is 11.8 Å². The second-order valence-electron chi connectivity index (χ2n) is 8.91. The van der Waals surface area contributed by atoms with Crippen LogP contribution < -0.4 is 5.32 Å². The monoisotopic (exact) mass is 490 g/mol. The van der Waals surface area contributed by atoms with E-state index in [1.54, 1.807) is 42.2 Å². The molecular weight excluding hydrogens is 471 g/mol. The first kappa shape index (κ1) is 21.9. The number of thioether (sulfide) groups is 1. The fraction of sp³-hybridized carbons (Fsp3) is 0.240. The van der Waals surface area contributed by atoms with Gasteiger partial charge in [-0.3, -0.25) is 29.6 Å². The maximum Gasteiger partial charge on any atom is 0.269 e. The molecule has 8 nitrogen and oxygen atoms in total. The number of carbonyl (C=O) groups is 2. The number of Topliss-reactive ketones (excluding diaryl/α,β-unsaturated/α-hetero) is 1. The Hall–Kier alpha value is -3.63. The van der Waals surface area contributed by atoms with E-state index in [1.807, 2.05) is 4.90 Å². The number of ketones is 1. The Morgan fingerprint density at radius 3 is 2.74 bits per heavy atom. The summed E-state index contributed by atoms with van der Waals surface area (Å²) in [5.74, 6) is -1.30. The van der Waals surface area contributed by atoms with Gasteiger partial charge in [0.15, 0.2) is 5.78 Å². The topological polar surface area (TPSA) is 105 Å². The summed E-state index contributed by atoms with van der Waals surface area (Å²) in [5.41, 5.74) is 0.549. The van der Waals surface area contributed by atoms with E-state index in [2.05, 4.69) is 10.3 Å². The molecule has 4 heterocycles. The standard InChI is InChI=1S/C25H19FN4O4S/c26-16-5-8-19-18(10-16)25(24(32)28-19)22(23(31)15-2-1-9-27-11-15)21(20-12-35-13-29(20)25)14-3-6-17(7-4-14)30(33)34/h1-11,20-22H,12-13H2,(H,28,32)/t20-,21+,22+,25-/m1/s1. The number of anilines is 1. The molecule has 6 rings (SSSR count). The molecule has 4 atom stereocenters. The zero-order valence-electron chi connectivity index (χ0n) is 18.3. The lowest BCUT2D eigenvalue weighted by molar-refractivity contribution is -0.384. The molecular formula is C25H19FN4O4S. The largest absolute Gasteiger partial charge is 0.324 e. The number of nitrogens with zero attached hydrogens (tertiary/aromatic N) is 3. The fourth-order valence-corrected chi connectivity index (χ4v) is 7.25. The third-order valence-corrected chi connectivity index (χ3v) is 8.34. The van der Waals surface area contributed by atoms with Gasteiger partial charge in [0.1, 0.15) is 11.4 Å². The van der Waals surface area contributed by atoms with E-state index in [0.717, 1.165) is 5.56 Å². The zero-order valence-corrected chi connectivity index (χ0v) is 19.1. The van der Waals surface area contributed by atoms with Crippen LogP contribution in [0, 0.1) is 21.8 Å². The summed E-state index contributed by atoms with van der Waals surface area (Å²) >= 11 is 1.64. The first-order valence-electron chi connectivity index (χ1n) is 11.1. The highest BCUT2D eigenvalue weighted by molar-refractivity contribution is 7.99. The van der Waals surface area contributed by atoms with E-state index >= 15 is 0 Å². The Labute approximate surface area is 203 Å². The van der Waals surface area contributed by atoms with Gasteiger partial charge in [0.25, 0.3) is 5.69 Å². The van der Waals surface area contributed by atoms with E-state index in [-0.39, 0.29) is 23.4 Å². The second kappa shape index (κ2) is 7.96. The first-order valence-corrected chi connectivity index (χ1v) is 12.2. The van der Waals surface area contributed by atoms with E-state index in [0.29, 0.717) is 28.4 Å². The molecule has 0 radical (unpaired) electrons. The van der Waals surface area contributed by atoms with Gasteiger partial charge in [0.2, 0.25) is 5.91 Å². The smallest absolute Gasteiger partial charge is 0.269 e. The van der Waals surface area contributed by atoms with E-state index in [1.165, 1.54) is 36.5 Å². The summed E-state index contributed by atoms with van der Waals surface area (Å²) < 4.78 is 14.5. The number of amides is 1. The van der Waals surface area contributed by atoms with Crippen molar-refractivity contribution in [1.82, 2.24) is 9.88 Å². The number of halogens is 1. The minimum absolute atomic E-state index is 0.0553. The quantitative estimate of drug-likeness (QED) is 0.335. The van der Waals surface area contributed by atoms with Gasteiger partial charge in [0, 0.05) is 64.9 Å². The zero-order chi connectivity index (χ0) is 24.3. The summed E-state index contributed by atoms with van der Waals surface area (Å²) in [4.78, 5) is 44.9. The van der Waals surface area contributed by atoms with Crippen molar-refractivity contribution in [3.05, 3.63) is 99.6 Å². The van der Waals surface area contributed by atoms with Crippen LogP contribution in [0.3, 0.4) is 0 Å². The van der Waals surface area contributed by atoms with Crippen molar-refractivity contribution in [1.29, 1.82) is 0 Å². The summed E-state index contributed by atoms with van der Waals surface area (Å²) in [7, 11) is 0. The number of benzene rings is 2. The van der Waals surface area contributed by atoms with Gasteiger partial charge < -0.3 is 5.32 Å². The van der Waals surface area contributed by atoms with Crippen molar-refractivity contribution in [3.63, 3.8) is 0 Å². The number of pyridine rings is 1. The second-order valence-corrected chi connectivity index (χ2v) is 9.91. The number of nitro groups is 1. The predicted molar refractivity (Wildman–Crippen MR) is 128 cm³/mol. The number of carbonyl (C=O) groups excluding carboxylic acids is 2. The SMILES string of the molecule is O=C(c1cccnc1)[C@@H]1[C@@H](c2ccc([N+](=O)[O-])cc2)[C@H]2CSCN2[C@@]12C(=O)Nc1ccc(F)cc12. The molecule has 1 spiro atoms. The van der Waals surface area contributed by atoms with Crippen LogP contribution in [0.2, 0.25) is 0 Å². The lowest BCUT2D eigenvalue weighted by Gasteiger charge is -2.36. The Balaban J connectivity index is 1.60. The molecule has 0 saturated carbocycles. The van der Waals surface area contributed by atoms with Crippen LogP contribution in [-0.2, 0) is 10.3 Å². The van der Waals surface area contributed by atoms with Crippen molar-refractivity contribution in [2.24, 2.45) is 5.92 Å². The summed E-state index contributed by atoms with van der Waals surface area (Å²) in [6.07, 6.45) is 3.04. The van der Waals surface area contributed by atoms with Crippen LogP contribution in [0.25, 0.3) is 0 Å². The number of aromatic nitrogens is 1. The minimum Gasteiger partial charge on any atom is -0.324 e. The number of fused-ring (bicyclic) bond motifs is 4. The third-order valence-electron chi connectivity index (χ3n) is 7.30. The van der Waals surface area contributed by atoms with Gasteiger partial charge in [0.05, 0.1) is 10.8 Å². The molecule has 35 heavy (non-hydrogen) atoms. The number of hydrogen-bond donors (Lipinski definition) is 1. The maximum absolute atomic E-state index is 14.5. The third kappa shape index (κ3) is 3.06. The van der Waals surface area contributed by atoms with Crippen LogP contribution in [0.4, 0.5) is 15.8 Å². The van der Waals surface area contributed by atoms with Gasteiger partial charge in [-0.2, -0.15) is 0 Å². The Morgan fingerprint density at radius 2 is 2.03 bits per heavy atom. The number of nitro benzene ring substituents is 1. The molecule has 2 aromatic carbocycles. The van der Waals surface area contributed by atoms with Crippen molar-refractivity contribution >= 4 is 34.8 Å². The first-order chi connectivity index (χ1) is 16.9. The molecule has 10 heteroatoms. The Kier molecular flexibility index (Phi) is 4.97. The predicted octanol–water partition coefficient (Wildman–Crippen LogP) is 3.95. The summed E-state index contributed by atoms with van der Waals surface area (Å²) in [6.45, 7) is 0. The highest BCUT2D eigenvalue weighted by atomic mass is 32.2. The van der Waals surface area contributed by atoms with Gasteiger partial charge >= 0.3 is 0 Å². The van der Waals surface area contributed by atoms with Crippen LogP contribution in [0.5, 0.6) is 0 Å². The Morgan fingerprint density at radius 1 is 1.23 bits per heavy atom. The van der Waals surface area contributed by atoms with Crippen LogP contribution in [0.1, 0.15) is 27.4 Å². The van der Waals surface area contributed by atoms with E-state index in [9.17, 15) is 24.1 Å². The van der Waals surface area contributed by atoms with Gasteiger partial charge in [-0.05, 0) is 35.9 Å². The Bertz CT molecular complexity index is 1370. The number of nitrogens with one attached hydrogen (secondary N) is 1. The number of hydrogen-bond acceptors (Lipinski definition) is 7. The fourth-order valence-electron chi connectivity index (χ4n) is 5.93. The minimum atomic E-state index is -1.41.